The Morgan fingerprint density at radius 3 is 2.76 bits per heavy atom. The van der Waals surface area contributed by atoms with E-state index in [1.165, 1.54) is 29.4 Å². The Morgan fingerprint density at radius 1 is 1.05 bits per heavy atom. The summed E-state index contributed by atoms with van der Waals surface area (Å²) in [5.74, 6) is 0.445. The Kier molecular flexibility index (Phi) is 2.78. The molecule has 0 heterocycles. The minimum atomic E-state index is -0.0817. The van der Waals surface area contributed by atoms with Crippen molar-refractivity contribution in [1.82, 2.24) is 0 Å². The molecule has 3 aromatic rings. The van der Waals surface area contributed by atoms with Gasteiger partial charge in [-0.3, -0.25) is 0 Å². The summed E-state index contributed by atoms with van der Waals surface area (Å²) in [6, 6.07) is 12.3. The highest BCUT2D eigenvalue weighted by Crippen LogP contribution is 2.40. The Morgan fingerprint density at radius 2 is 1.90 bits per heavy atom. The van der Waals surface area contributed by atoms with Crippen LogP contribution >= 0.6 is 0 Å². The average molecular weight is 278 g/mol. The van der Waals surface area contributed by atoms with Gasteiger partial charge in [-0.05, 0) is 71.0 Å². The van der Waals surface area contributed by atoms with Crippen LogP contribution in [0.3, 0.4) is 0 Å². The predicted molar refractivity (Wildman–Crippen MR) is 87.5 cm³/mol. The zero-order valence-electron chi connectivity index (χ0n) is 12.5. The van der Waals surface area contributed by atoms with Crippen molar-refractivity contribution in [2.75, 3.05) is 0 Å². The molecule has 1 aliphatic carbocycles. The van der Waals surface area contributed by atoms with E-state index >= 15 is 0 Å². The molecule has 0 bridgehead atoms. The van der Waals surface area contributed by atoms with Gasteiger partial charge in [0.25, 0.3) is 0 Å². The van der Waals surface area contributed by atoms with Gasteiger partial charge in [0.15, 0.2) is 0 Å². The van der Waals surface area contributed by atoms with Crippen molar-refractivity contribution in [2.24, 2.45) is 0 Å². The van der Waals surface area contributed by atoms with Crippen LogP contribution in [0.4, 0.5) is 4.39 Å². The largest absolute Gasteiger partial charge is 0.206 e. The van der Waals surface area contributed by atoms with E-state index in [0.29, 0.717) is 5.92 Å². The molecule has 0 nitrogen and oxygen atoms in total. The van der Waals surface area contributed by atoms with Crippen LogP contribution in [0, 0.1) is 12.7 Å². The highest BCUT2D eigenvalue weighted by atomic mass is 19.1. The van der Waals surface area contributed by atoms with E-state index in [1.54, 1.807) is 6.07 Å². The lowest BCUT2D eigenvalue weighted by Crippen LogP contribution is -2.08. The van der Waals surface area contributed by atoms with Crippen molar-refractivity contribution in [3.63, 3.8) is 0 Å². The zero-order valence-corrected chi connectivity index (χ0v) is 12.5. The molecule has 0 N–H and O–H groups in total. The van der Waals surface area contributed by atoms with Crippen LogP contribution in [0.5, 0.6) is 0 Å². The number of hydrogen-bond donors (Lipinski definition) is 0. The number of hydrogen-bond acceptors (Lipinski definition) is 0. The minimum Gasteiger partial charge on any atom is -0.206 e. The van der Waals surface area contributed by atoms with Gasteiger partial charge in [-0.25, -0.2) is 4.39 Å². The van der Waals surface area contributed by atoms with Gasteiger partial charge >= 0.3 is 0 Å². The topological polar surface area (TPSA) is 0 Å². The number of benzene rings is 3. The SMILES string of the molecule is Cc1cccc2c1c(F)cc1c3c(ccc12)CCC[C@H]3C. The summed E-state index contributed by atoms with van der Waals surface area (Å²) in [6.45, 7) is 4.26. The minimum absolute atomic E-state index is 0.0817. The van der Waals surface area contributed by atoms with Gasteiger partial charge in [0, 0.05) is 5.39 Å². The molecule has 0 saturated carbocycles. The molecule has 0 spiro atoms. The Labute approximate surface area is 124 Å². The number of fused-ring (bicyclic) bond motifs is 5. The lowest BCUT2D eigenvalue weighted by molar-refractivity contribution is 0.594. The summed E-state index contributed by atoms with van der Waals surface area (Å²) >= 11 is 0. The first-order chi connectivity index (χ1) is 10.2. The average Bonchev–Trinajstić information content (AvgIpc) is 2.47. The van der Waals surface area contributed by atoms with Crippen LogP contribution in [-0.4, -0.2) is 0 Å². The first-order valence-corrected chi connectivity index (χ1v) is 7.80. The molecule has 0 fully saturated rings. The number of rotatable bonds is 0. The van der Waals surface area contributed by atoms with Crippen molar-refractivity contribution in [3.05, 3.63) is 58.9 Å². The van der Waals surface area contributed by atoms with Gasteiger partial charge in [0.1, 0.15) is 5.82 Å². The van der Waals surface area contributed by atoms with Gasteiger partial charge < -0.3 is 0 Å². The third-order valence-corrected chi connectivity index (χ3v) is 5.03. The Balaban J connectivity index is 2.20. The number of aryl methyl sites for hydroxylation is 2. The molecule has 0 unspecified atom stereocenters. The van der Waals surface area contributed by atoms with E-state index in [4.69, 9.17) is 0 Å². The summed E-state index contributed by atoms with van der Waals surface area (Å²) in [7, 11) is 0. The molecule has 0 aromatic heterocycles. The maximum atomic E-state index is 14.7. The maximum absolute atomic E-state index is 14.7. The van der Waals surface area contributed by atoms with E-state index in [0.717, 1.165) is 28.1 Å². The molecule has 0 aliphatic heterocycles. The van der Waals surface area contributed by atoms with Gasteiger partial charge in [-0.1, -0.05) is 37.3 Å². The predicted octanol–water partition coefficient (Wildman–Crippen LogP) is 5.88. The van der Waals surface area contributed by atoms with Crippen molar-refractivity contribution < 1.29 is 4.39 Å². The van der Waals surface area contributed by atoms with E-state index in [2.05, 4.69) is 19.1 Å². The second-order valence-corrected chi connectivity index (χ2v) is 6.38. The van der Waals surface area contributed by atoms with E-state index in [9.17, 15) is 4.39 Å². The molecular weight excluding hydrogens is 259 g/mol. The fourth-order valence-corrected chi connectivity index (χ4v) is 4.02. The molecule has 106 valence electrons. The molecule has 21 heavy (non-hydrogen) atoms. The summed E-state index contributed by atoms with van der Waals surface area (Å²) in [4.78, 5) is 0. The quantitative estimate of drug-likeness (QED) is 0.450. The van der Waals surface area contributed by atoms with Gasteiger partial charge in [0.2, 0.25) is 0 Å². The van der Waals surface area contributed by atoms with Crippen LogP contribution in [0.1, 0.15) is 42.4 Å². The normalized spacial score (nSPS) is 18.1. The molecular formula is C20H19F. The highest BCUT2D eigenvalue weighted by Gasteiger charge is 2.20. The van der Waals surface area contributed by atoms with Crippen molar-refractivity contribution in [1.29, 1.82) is 0 Å². The van der Waals surface area contributed by atoms with Crippen LogP contribution in [0.15, 0.2) is 36.4 Å². The van der Waals surface area contributed by atoms with Crippen LogP contribution in [0.25, 0.3) is 21.5 Å². The molecule has 0 saturated heterocycles. The lowest BCUT2D eigenvalue weighted by atomic mass is 9.80. The Bertz CT molecular complexity index is 861. The summed E-state index contributed by atoms with van der Waals surface area (Å²) in [5.41, 5.74) is 3.80. The van der Waals surface area contributed by atoms with Crippen molar-refractivity contribution in [3.8, 4) is 0 Å². The van der Waals surface area contributed by atoms with Crippen molar-refractivity contribution in [2.45, 2.75) is 39.0 Å². The van der Waals surface area contributed by atoms with E-state index < -0.39 is 0 Å². The third kappa shape index (κ3) is 1.80. The standard InChI is InChI=1S/C20H19F/c1-12-5-3-7-14-9-10-15-16-8-4-6-13(2)20(16)18(21)11-17(15)19(12)14/h4,6,8-12H,3,5,7H2,1-2H3/t12-/m1/s1. The molecule has 0 amide bonds. The van der Waals surface area contributed by atoms with Crippen LogP contribution < -0.4 is 0 Å². The fraction of sp³-hybridized carbons (Fsp3) is 0.300. The van der Waals surface area contributed by atoms with E-state index in [-0.39, 0.29) is 5.82 Å². The number of halogens is 1. The molecule has 1 aliphatic rings. The third-order valence-electron chi connectivity index (χ3n) is 5.03. The fourth-order valence-electron chi connectivity index (χ4n) is 4.02. The van der Waals surface area contributed by atoms with Gasteiger partial charge in [-0.2, -0.15) is 0 Å². The van der Waals surface area contributed by atoms with Crippen molar-refractivity contribution >= 4 is 21.5 Å². The Hall–Kier alpha value is -1.89. The second-order valence-electron chi connectivity index (χ2n) is 6.38. The molecule has 0 radical (unpaired) electrons. The first kappa shape index (κ1) is 12.8. The molecule has 3 aromatic carbocycles. The monoisotopic (exact) mass is 278 g/mol. The van der Waals surface area contributed by atoms with Gasteiger partial charge in [-0.15, -0.1) is 0 Å². The molecule has 1 heteroatoms. The lowest BCUT2D eigenvalue weighted by Gasteiger charge is -2.25. The van der Waals surface area contributed by atoms with Crippen LogP contribution in [-0.2, 0) is 6.42 Å². The molecule has 4 rings (SSSR count). The van der Waals surface area contributed by atoms with E-state index in [1.807, 2.05) is 25.1 Å². The summed E-state index contributed by atoms with van der Waals surface area (Å²) in [5, 5.41) is 4.14. The van der Waals surface area contributed by atoms with Crippen LogP contribution in [0.2, 0.25) is 0 Å². The summed E-state index contributed by atoms with van der Waals surface area (Å²) < 4.78 is 14.7. The highest BCUT2D eigenvalue weighted by molar-refractivity contribution is 6.10. The van der Waals surface area contributed by atoms with Gasteiger partial charge in [0.05, 0.1) is 0 Å². The summed E-state index contributed by atoms with van der Waals surface area (Å²) in [6.07, 6.45) is 3.58. The zero-order chi connectivity index (χ0) is 14.6. The molecule has 1 atom stereocenters. The second kappa shape index (κ2) is 4.56. The smallest absolute Gasteiger partial charge is 0.131 e. The maximum Gasteiger partial charge on any atom is 0.131 e. The first-order valence-electron chi connectivity index (χ1n) is 7.80.